The van der Waals surface area contributed by atoms with E-state index >= 15 is 0 Å². The largest absolute Gasteiger partial charge is 0.481 e. The predicted octanol–water partition coefficient (Wildman–Crippen LogP) is -0.135. The van der Waals surface area contributed by atoms with E-state index in [1.54, 1.807) is 0 Å². The van der Waals surface area contributed by atoms with Gasteiger partial charge >= 0.3 is 19.2 Å². The zero-order valence-electron chi connectivity index (χ0n) is 12.1. The van der Waals surface area contributed by atoms with Crippen LogP contribution in [0.2, 0.25) is 0 Å². The molecule has 2 rings (SSSR count). The van der Waals surface area contributed by atoms with E-state index in [4.69, 9.17) is 19.3 Å². The number of carboxylic acid groups (broad SMARTS) is 1. The number of carboxylic acids is 1. The molecule has 2 heterocycles. The summed E-state index contributed by atoms with van der Waals surface area (Å²) < 4.78 is 5.21. The third-order valence-electron chi connectivity index (χ3n) is 3.17. The standard InChI is InChI=1S/C12H16BNO5S.CO2/c15-11(5-8-3-4-20-7-8)14-10-2-1-9(6-12(16)17)19-13(10)18;2-1-3/h3-4,7,9-10,18H,1-2,5-6H2,(H,14,15)(H,16,17);/t9-,10-;/m0./s1. The molecule has 1 amide bonds. The van der Waals surface area contributed by atoms with Gasteiger partial charge in [-0.2, -0.15) is 20.9 Å². The van der Waals surface area contributed by atoms with E-state index in [1.807, 2.05) is 16.8 Å². The molecule has 0 spiro atoms. The summed E-state index contributed by atoms with van der Waals surface area (Å²) in [6.07, 6.45) is 0.909. The Morgan fingerprint density at radius 3 is 2.65 bits per heavy atom. The van der Waals surface area contributed by atoms with Gasteiger partial charge in [-0.05, 0) is 35.2 Å². The number of nitrogens with one attached hydrogen (secondary N) is 1. The van der Waals surface area contributed by atoms with Gasteiger partial charge in [0.1, 0.15) is 0 Å². The van der Waals surface area contributed by atoms with Crippen molar-refractivity contribution < 1.29 is 34.0 Å². The molecule has 1 aliphatic heterocycles. The molecule has 1 fully saturated rings. The highest BCUT2D eigenvalue weighted by molar-refractivity contribution is 7.08. The van der Waals surface area contributed by atoms with Crippen molar-refractivity contribution in [1.82, 2.24) is 5.32 Å². The molecule has 23 heavy (non-hydrogen) atoms. The fourth-order valence-electron chi connectivity index (χ4n) is 2.19. The molecule has 8 nitrogen and oxygen atoms in total. The number of thiophene rings is 1. The summed E-state index contributed by atoms with van der Waals surface area (Å²) in [6.45, 7) is 0. The topological polar surface area (TPSA) is 130 Å². The Morgan fingerprint density at radius 2 is 2.13 bits per heavy atom. The Morgan fingerprint density at radius 1 is 1.43 bits per heavy atom. The second-order valence-corrected chi connectivity index (χ2v) is 5.67. The first-order valence-corrected chi connectivity index (χ1v) is 7.75. The molecular formula is C13H16BNO7S. The van der Waals surface area contributed by atoms with Crippen LogP contribution in [0.4, 0.5) is 0 Å². The lowest BCUT2D eigenvalue weighted by atomic mass is 9.72. The van der Waals surface area contributed by atoms with Crippen molar-refractivity contribution in [3.8, 4) is 0 Å². The number of carbonyl (C=O) groups is 2. The normalized spacial score (nSPS) is 20.0. The number of amides is 1. The Balaban J connectivity index is 0.000000816. The van der Waals surface area contributed by atoms with Gasteiger partial charge in [-0.3, -0.25) is 9.59 Å². The van der Waals surface area contributed by atoms with Gasteiger partial charge in [-0.1, -0.05) is 0 Å². The highest BCUT2D eigenvalue weighted by atomic mass is 32.1. The summed E-state index contributed by atoms with van der Waals surface area (Å²) in [7, 11) is -1.15. The third kappa shape index (κ3) is 7.20. The van der Waals surface area contributed by atoms with E-state index in [2.05, 4.69) is 5.32 Å². The number of carbonyl (C=O) groups excluding carboxylic acids is 3. The average molecular weight is 341 g/mol. The summed E-state index contributed by atoms with van der Waals surface area (Å²) in [6, 6.07) is 1.88. The molecule has 124 valence electrons. The van der Waals surface area contributed by atoms with Crippen LogP contribution in [0.1, 0.15) is 24.8 Å². The van der Waals surface area contributed by atoms with Crippen LogP contribution >= 0.6 is 11.3 Å². The molecule has 3 N–H and O–H groups in total. The van der Waals surface area contributed by atoms with Crippen LogP contribution in [-0.4, -0.2) is 47.3 Å². The van der Waals surface area contributed by atoms with E-state index in [1.165, 1.54) is 11.3 Å². The van der Waals surface area contributed by atoms with Gasteiger partial charge in [0.15, 0.2) is 0 Å². The molecule has 1 saturated heterocycles. The molecule has 0 aromatic carbocycles. The summed E-state index contributed by atoms with van der Waals surface area (Å²) in [5, 5.41) is 25.0. The smallest absolute Gasteiger partial charge is 0.478 e. The molecule has 0 bridgehead atoms. The third-order valence-corrected chi connectivity index (χ3v) is 3.90. The van der Waals surface area contributed by atoms with Gasteiger partial charge < -0.3 is 20.1 Å². The van der Waals surface area contributed by atoms with Crippen LogP contribution in [0.3, 0.4) is 0 Å². The van der Waals surface area contributed by atoms with Gasteiger partial charge in [0.2, 0.25) is 5.91 Å². The molecular weight excluding hydrogens is 325 g/mol. The van der Waals surface area contributed by atoms with Gasteiger partial charge in [0.05, 0.1) is 24.9 Å². The van der Waals surface area contributed by atoms with E-state index in [9.17, 15) is 14.6 Å². The van der Waals surface area contributed by atoms with Gasteiger partial charge in [0, 0.05) is 0 Å². The fraction of sp³-hybridized carbons (Fsp3) is 0.462. The number of hydrogen-bond donors (Lipinski definition) is 3. The van der Waals surface area contributed by atoms with Gasteiger partial charge in [0.25, 0.3) is 0 Å². The Hall–Kier alpha value is -2.00. The zero-order chi connectivity index (χ0) is 17.2. The van der Waals surface area contributed by atoms with Crippen molar-refractivity contribution in [2.45, 2.75) is 37.7 Å². The highest BCUT2D eigenvalue weighted by Gasteiger charge is 2.36. The van der Waals surface area contributed by atoms with Gasteiger partial charge in [-0.15, -0.1) is 0 Å². The van der Waals surface area contributed by atoms with Gasteiger partial charge in [-0.25, -0.2) is 0 Å². The van der Waals surface area contributed by atoms with E-state index in [-0.39, 0.29) is 24.9 Å². The van der Waals surface area contributed by atoms with Crippen LogP contribution in [0.5, 0.6) is 0 Å². The van der Waals surface area contributed by atoms with Crippen molar-refractivity contribution in [2.75, 3.05) is 0 Å². The van der Waals surface area contributed by atoms with Crippen molar-refractivity contribution in [3.63, 3.8) is 0 Å². The summed E-state index contributed by atoms with van der Waals surface area (Å²) in [5.74, 6) is -1.61. The fourth-order valence-corrected chi connectivity index (χ4v) is 2.86. The quantitative estimate of drug-likeness (QED) is 0.636. The maximum absolute atomic E-state index is 11.8. The lowest BCUT2D eigenvalue weighted by molar-refractivity contribution is -0.191. The average Bonchev–Trinajstić information content (AvgIpc) is 2.95. The second kappa shape index (κ2) is 9.91. The van der Waals surface area contributed by atoms with Crippen molar-refractivity contribution in [3.05, 3.63) is 22.4 Å². The molecule has 1 aromatic rings. The Labute approximate surface area is 136 Å². The summed E-state index contributed by atoms with van der Waals surface area (Å²) in [5.41, 5.74) is 0.933. The van der Waals surface area contributed by atoms with Crippen LogP contribution in [-0.2, 0) is 30.3 Å². The van der Waals surface area contributed by atoms with E-state index in [0.717, 1.165) is 5.56 Å². The molecule has 0 radical (unpaired) electrons. The minimum absolute atomic E-state index is 0.132. The summed E-state index contributed by atoms with van der Waals surface area (Å²) in [4.78, 5) is 38.6. The molecule has 0 saturated carbocycles. The molecule has 10 heteroatoms. The molecule has 0 aliphatic carbocycles. The van der Waals surface area contributed by atoms with Crippen molar-refractivity contribution >= 4 is 36.5 Å². The molecule has 2 atom stereocenters. The Kier molecular flexibility index (Phi) is 8.21. The molecule has 1 aromatic heterocycles. The minimum Gasteiger partial charge on any atom is -0.481 e. The lowest BCUT2D eigenvalue weighted by Crippen LogP contribution is -2.53. The zero-order valence-corrected chi connectivity index (χ0v) is 13.0. The maximum Gasteiger partial charge on any atom is 0.478 e. The summed E-state index contributed by atoms with van der Waals surface area (Å²) >= 11 is 1.52. The van der Waals surface area contributed by atoms with Crippen molar-refractivity contribution in [1.29, 1.82) is 0 Å². The van der Waals surface area contributed by atoms with Crippen LogP contribution < -0.4 is 5.32 Å². The predicted molar refractivity (Wildman–Crippen MR) is 79.3 cm³/mol. The lowest BCUT2D eigenvalue weighted by Gasteiger charge is -2.30. The number of rotatable bonds is 5. The number of aliphatic carboxylic acids is 1. The number of hydrogen-bond acceptors (Lipinski definition) is 7. The molecule has 0 unspecified atom stereocenters. The van der Waals surface area contributed by atoms with Crippen LogP contribution in [0, 0.1) is 0 Å². The monoisotopic (exact) mass is 341 g/mol. The van der Waals surface area contributed by atoms with E-state index in [0.29, 0.717) is 12.8 Å². The first-order chi connectivity index (χ1) is 11.0. The minimum atomic E-state index is -1.15. The van der Waals surface area contributed by atoms with Crippen molar-refractivity contribution in [2.24, 2.45) is 0 Å². The Bertz CT molecular complexity index is 545. The SMILES string of the molecule is O=C(O)C[C@@H]1CC[C@H](NC(=O)Cc2ccsc2)B(O)O1.O=C=O. The highest BCUT2D eigenvalue weighted by Crippen LogP contribution is 2.18. The second-order valence-electron chi connectivity index (χ2n) is 4.89. The van der Waals surface area contributed by atoms with E-state index < -0.39 is 25.1 Å². The molecule has 1 aliphatic rings. The maximum atomic E-state index is 11.8. The van der Waals surface area contributed by atoms with Crippen LogP contribution in [0.25, 0.3) is 0 Å². The van der Waals surface area contributed by atoms with Crippen LogP contribution in [0.15, 0.2) is 16.8 Å². The first kappa shape index (κ1) is 19.1. The first-order valence-electron chi connectivity index (χ1n) is 6.81.